The molecule has 0 saturated heterocycles. The highest BCUT2D eigenvalue weighted by atomic mass is 19.3. The molecule has 16 heavy (non-hydrogen) atoms. The lowest BCUT2D eigenvalue weighted by atomic mass is 10.2. The molecule has 2 N–H and O–H groups in total. The van der Waals surface area contributed by atoms with Gasteiger partial charge in [0.15, 0.2) is 11.6 Å². The monoisotopic (exact) mass is 237 g/mol. The van der Waals surface area contributed by atoms with Crippen molar-refractivity contribution < 1.29 is 22.7 Å². The van der Waals surface area contributed by atoms with Gasteiger partial charge in [-0.25, -0.2) is 17.6 Å². The molecule has 90 valence electrons. The molecule has 0 aromatic heterocycles. The van der Waals surface area contributed by atoms with Gasteiger partial charge in [0.25, 0.3) is 6.43 Å². The van der Waals surface area contributed by atoms with Crippen LogP contribution in [0.2, 0.25) is 0 Å². The number of rotatable bonds is 5. The highest BCUT2D eigenvalue weighted by Gasteiger charge is 2.16. The van der Waals surface area contributed by atoms with E-state index in [2.05, 4.69) is 5.32 Å². The summed E-state index contributed by atoms with van der Waals surface area (Å²) in [5, 5.41) is 11.2. The Labute approximate surface area is 89.9 Å². The summed E-state index contributed by atoms with van der Waals surface area (Å²) in [6.07, 6.45) is -4.67. The van der Waals surface area contributed by atoms with Gasteiger partial charge in [0.2, 0.25) is 0 Å². The van der Waals surface area contributed by atoms with Crippen LogP contribution >= 0.6 is 0 Å². The zero-order chi connectivity index (χ0) is 12.1. The van der Waals surface area contributed by atoms with E-state index in [0.29, 0.717) is 0 Å². The number of alkyl halides is 2. The summed E-state index contributed by atoms with van der Waals surface area (Å²) in [6.45, 7) is -0.499. The van der Waals surface area contributed by atoms with E-state index in [1.54, 1.807) is 0 Å². The number of aliphatic hydroxyl groups is 1. The highest BCUT2D eigenvalue weighted by Crippen LogP contribution is 2.10. The van der Waals surface area contributed by atoms with E-state index in [9.17, 15) is 17.6 Å². The fourth-order valence-electron chi connectivity index (χ4n) is 1.13. The second kappa shape index (κ2) is 5.81. The highest BCUT2D eigenvalue weighted by molar-refractivity contribution is 5.18. The van der Waals surface area contributed by atoms with Crippen LogP contribution in [0.3, 0.4) is 0 Å². The molecule has 1 rings (SSSR count). The topological polar surface area (TPSA) is 32.3 Å². The number of benzene rings is 1. The third-order valence-corrected chi connectivity index (χ3v) is 1.99. The number of nitrogens with one attached hydrogen (secondary N) is 1. The predicted octanol–water partition coefficient (Wildman–Crippen LogP) is 1.68. The quantitative estimate of drug-likeness (QED) is 0.764. The summed E-state index contributed by atoms with van der Waals surface area (Å²) >= 11 is 0. The third-order valence-electron chi connectivity index (χ3n) is 1.99. The Balaban J connectivity index is 2.46. The Bertz CT molecular complexity index is 346. The average molecular weight is 237 g/mol. The standard InChI is InChI=1S/C10H11F4NO/c11-7-3-1-2-6(9(7)12)4-15-5-8(16)10(13)14/h1-3,8,10,15-16H,4-5H2. The van der Waals surface area contributed by atoms with Gasteiger partial charge in [-0.3, -0.25) is 0 Å². The molecule has 1 unspecified atom stereocenters. The first kappa shape index (κ1) is 12.9. The lowest BCUT2D eigenvalue weighted by Gasteiger charge is -2.11. The summed E-state index contributed by atoms with van der Waals surface area (Å²) in [7, 11) is 0. The van der Waals surface area contributed by atoms with Gasteiger partial charge >= 0.3 is 0 Å². The lowest BCUT2D eigenvalue weighted by molar-refractivity contribution is -0.00344. The van der Waals surface area contributed by atoms with Gasteiger partial charge in [-0.05, 0) is 6.07 Å². The molecule has 0 bridgehead atoms. The third kappa shape index (κ3) is 3.46. The van der Waals surface area contributed by atoms with Gasteiger partial charge in [-0.15, -0.1) is 0 Å². The van der Waals surface area contributed by atoms with Crippen molar-refractivity contribution in [3.63, 3.8) is 0 Å². The fraction of sp³-hybridized carbons (Fsp3) is 0.400. The molecule has 1 atom stereocenters. The smallest absolute Gasteiger partial charge is 0.265 e. The summed E-state index contributed by atoms with van der Waals surface area (Å²) in [4.78, 5) is 0. The SMILES string of the molecule is OC(CNCc1cccc(F)c1F)C(F)F. The molecule has 0 saturated carbocycles. The van der Waals surface area contributed by atoms with Crippen molar-refractivity contribution in [3.05, 3.63) is 35.4 Å². The van der Waals surface area contributed by atoms with Gasteiger partial charge in [0, 0.05) is 18.7 Å². The van der Waals surface area contributed by atoms with E-state index in [1.165, 1.54) is 12.1 Å². The minimum Gasteiger partial charge on any atom is -0.386 e. The summed E-state index contributed by atoms with van der Waals surface area (Å²) in [6, 6.07) is 3.62. The average Bonchev–Trinajstić information content (AvgIpc) is 2.24. The van der Waals surface area contributed by atoms with E-state index >= 15 is 0 Å². The van der Waals surface area contributed by atoms with Crippen molar-refractivity contribution in [2.45, 2.75) is 19.1 Å². The summed E-state index contributed by atoms with van der Waals surface area (Å²) < 4.78 is 49.5. The Morgan fingerprint density at radius 3 is 2.56 bits per heavy atom. The summed E-state index contributed by atoms with van der Waals surface area (Å²) in [5.41, 5.74) is 0.0291. The van der Waals surface area contributed by atoms with Crippen LogP contribution in [0.4, 0.5) is 17.6 Å². The van der Waals surface area contributed by atoms with Gasteiger partial charge in [0.1, 0.15) is 6.10 Å². The number of hydrogen-bond acceptors (Lipinski definition) is 2. The maximum Gasteiger partial charge on any atom is 0.265 e. The van der Waals surface area contributed by atoms with Gasteiger partial charge in [-0.2, -0.15) is 0 Å². The zero-order valence-electron chi connectivity index (χ0n) is 8.26. The molecule has 0 radical (unpaired) electrons. The van der Waals surface area contributed by atoms with E-state index in [4.69, 9.17) is 5.11 Å². The molecule has 0 aliphatic carbocycles. The molecule has 0 fully saturated rings. The van der Waals surface area contributed by atoms with Crippen LogP contribution < -0.4 is 5.32 Å². The molecule has 0 aliphatic heterocycles. The number of aliphatic hydroxyl groups excluding tert-OH is 1. The van der Waals surface area contributed by atoms with Crippen LogP contribution in [0.5, 0.6) is 0 Å². The lowest BCUT2D eigenvalue weighted by Crippen LogP contribution is -2.31. The molecule has 1 aromatic carbocycles. The van der Waals surface area contributed by atoms with Gasteiger partial charge in [-0.1, -0.05) is 12.1 Å². The second-order valence-corrected chi connectivity index (χ2v) is 3.25. The zero-order valence-corrected chi connectivity index (χ0v) is 8.26. The van der Waals surface area contributed by atoms with E-state index in [1.807, 2.05) is 0 Å². The van der Waals surface area contributed by atoms with Crippen LogP contribution in [0.15, 0.2) is 18.2 Å². The van der Waals surface area contributed by atoms with Crippen LogP contribution in [0.25, 0.3) is 0 Å². The summed E-state index contributed by atoms with van der Waals surface area (Å²) in [5.74, 6) is -2.00. The van der Waals surface area contributed by atoms with Crippen molar-refractivity contribution in [2.75, 3.05) is 6.54 Å². The van der Waals surface area contributed by atoms with Crippen molar-refractivity contribution in [1.82, 2.24) is 5.32 Å². The molecular weight excluding hydrogens is 226 g/mol. The Kier molecular flexibility index (Phi) is 4.70. The molecule has 0 heterocycles. The van der Waals surface area contributed by atoms with Crippen LogP contribution in [-0.2, 0) is 6.54 Å². The number of halogens is 4. The van der Waals surface area contributed by atoms with Crippen molar-refractivity contribution in [3.8, 4) is 0 Å². The molecule has 1 aromatic rings. The molecule has 0 spiro atoms. The molecule has 2 nitrogen and oxygen atoms in total. The Morgan fingerprint density at radius 1 is 1.25 bits per heavy atom. The first-order valence-electron chi connectivity index (χ1n) is 4.62. The second-order valence-electron chi connectivity index (χ2n) is 3.25. The fourth-order valence-corrected chi connectivity index (χ4v) is 1.13. The van der Waals surface area contributed by atoms with Crippen LogP contribution in [0, 0.1) is 11.6 Å². The first-order chi connectivity index (χ1) is 7.52. The molecule has 0 amide bonds. The number of hydrogen-bond donors (Lipinski definition) is 2. The molecule has 6 heteroatoms. The maximum atomic E-state index is 13.1. The van der Waals surface area contributed by atoms with E-state index in [-0.39, 0.29) is 18.7 Å². The largest absolute Gasteiger partial charge is 0.386 e. The minimum atomic E-state index is -2.86. The first-order valence-corrected chi connectivity index (χ1v) is 4.62. The van der Waals surface area contributed by atoms with Crippen molar-refractivity contribution in [2.24, 2.45) is 0 Å². The minimum absolute atomic E-state index is 0.0291. The van der Waals surface area contributed by atoms with E-state index in [0.717, 1.165) is 6.07 Å². The Hall–Kier alpha value is -1.14. The van der Waals surface area contributed by atoms with Gasteiger partial charge < -0.3 is 10.4 Å². The molecular formula is C10H11F4NO. The Morgan fingerprint density at radius 2 is 1.94 bits per heavy atom. The van der Waals surface area contributed by atoms with Gasteiger partial charge in [0.05, 0.1) is 0 Å². The van der Waals surface area contributed by atoms with E-state index < -0.39 is 24.2 Å². The van der Waals surface area contributed by atoms with Crippen LogP contribution in [0.1, 0.15) is 5.56 Å². The molecule has 0 aliphatic rings. The normalized spacial score (nSPS) is 13.1. The van der Waals surface area contributed by atoms with Crippen molar-refractivity contribution in [1.29, 1.82) is 0 Å². The predicted molar refractivity (Wildman–Crippen MR) is 50.1 cm³/mol. The van der Waals surface area contributed by atoms with Crippen molar-refractivity contribution >= 4 is 0 Å². The van der Waals surface area contributed by atoms with Crippen LogP contribution in [-0.4, -0.2) is 24.2 Å². The maximum absolute atomic E-state index is 13.1.